The van der Waals surface area contributed by atoms with E-state index in [-0.39, 0.29) is 17.2 Å². The second kappa shape index (κ2) is 5.97. The number of benzene rings is 1. The van der Waals surface area contributed by atoms with E-state index in [1.54, 1.807) is 4.90 Å². The zero-order valence-electron chi connectivity index (χ0n) is 11.0. The molecular weight excluding hydrogens is 256 g/mol. The van der Waals surface area contributed by atoms with E-state index in [9.17, 15) is 9.59 Å². The zero-order chi connectivity index (χ0) is 14.5. The van der Waals surface area contributed by atoms with Crippen molar-refractivity contribution in [1.82, 2.24) is 4.98 Å². The summed E-state index contributed by atoms with van der Waals surface area (Å²) in [5, 5.41) is 8.81. The Balaban J connectivity index is 2.27. The highest BCUT2D eigenvalue weighted by Crippen LogP contribution is 2.15. The lowest BCUT2D eigenvalue weighted by molar-refractivity contribution is 0.0695. The first kappa shape index (κ1) is 13.7. The van der Waals surface area contributed by atoms with Crippen LogP contribution < -0.4 is 4.90 Å². The first-order valence-corrected chi connectivity index (χ1v) is 6.19. The van der Waals surface area contributed by atoms with Gasteiger partial charge in [0.1, 0.15) is 5.69 Å². The molecule has 0 saturated carbocycles. The summed E-state index contributed by atoms with van der Waals surface area (Å²) in [6.45, 7) is 2.38. The number of carboxylic acids is 1. The Morgan fingerprint density at radius 2 is 1.85 bits per heavy atom. The largest absolute Gasteiger partial charge is 0.478 e. The van der Waals surface area contributed by atoms with Crippen molar-refractivity contribution >= 4 is 17.6 Å². The maximum atomic E-state index is 12.4. The fourth-order valence-electron chi connectivity index (χ4n) is 1.84. The van der Waals surface area contributed by atoms with Crippen molar-refractivity contribution in [2.45, 2.75) is 6.92 Å². The topological polar surface area (TPSA) is 70.5 Å². The number of carbonyl (C=O) groups excluding carboxylic acids is 1. The number of rotatable bonds is 4. The van der Waals surface area contributed by atoms with Gasteiger partial charge in [0.25, 0.3) is 5.91 Å². The molecule has 1 amide bonds. The lowest BCUT2D eigenvalue weighted by atomic mass is 10.2. The van der Waals surface area contributed by atoms with Crippen LogP contribution in [0.2, 0.25) is 0 Å². The molecule has 0 saturated heterocycles. The summed E-state index contributed by atoms with van der Waals surface area (Å²) in [5.74, 6) is -1.32. The van der Waals surface area contributed by atoms with E-state index in [1.165, 1.54) is 18.3 Å². The smallest absolute Gasteiger partial charge is 0.337 e. The van der Waals surface area contributed by atoms with Gasteiger partial charge in [-0.1, -0.05) is 18.2 Å². The summed E-state index contributed by atoms with van der Waals surface area (Å²) in [4.78, 5) is 28.6. The van der Waals surface area contributed by atoms with Crippen LogP contribution in [0.15, 0.2) is 48.7 Å². The zero-order valence-corrected chi connectivity index (χ0v) is 11.0. The molecule has 0 aliphatic carbocycles. The Bertz CT molecular complexity index is 609. The molecular formula is C15H14N2O3. The van der Waals surface area contributed by atoms with Gasteiger partial charge in [-0.05, 0) is 31.2 Å². The van der Waals surface area contributed by atoms with Gasteiger partial charge >= 0.3 is 5.97 Å². The van der Waals surface area contributed by atoms with Gasteiger partial charge in [0.15, 0.2) is 0 Å². The average molecular weight is 270 g/mol. The summed E-state index contributed by atoms with van der Waals surface area (Å²) >= 11 is 0. The van der Waals surface area contributed by atoms with E-state index in [1.807, 2.05) is 37.3 Å². The highest BCUT2D eigenvalue weighted by molar-refractivity contribution is 6.05. The lowest BCUT2D eigenvalue weighted by Crippen LogP contribution is -2.31. The van der Waals surface area contributed by atoms with Crippen molar-refractivity contribution in [3.63, 3.8) is 0 Å². The SMILES string of the molecule is CCN(C(=O)c1ccc(C(=O)O)cn1)c1ccccc1. The van der Waals surface area contributed by atoms with Crippen LogP contribution in [0.25, 0.3) is 0 Å². The van der Waals surface area contributed by atoms with Crippen LogP contribution in [0.3, 0.4) is 0 Å². The van der Waals surface area contributed by atoms with Gasteiger partial charge in [-0.25, -0.2) is 4.79 Å². The van der Waals surface area contributed by atoms with Gasteiger partial charge in [-0.3, -0.25) is 9.78 Å². The number of hydrogen-bond donors (Lipinski definition) is 1. The summed E-state index contributed by atoms with van der Waals surface area (Å²) in [6.07, 6.45) is 1.19. The molecule has 1 heterocycles. The quantitative estimate of drug-likeness (QED) is 0.926. The van der Waals surface area contributed by atoms with Crippen molar-refractivity contribution in [1.29, 1.82) is 0 Å². The number of hydrogen-bond acceptors (Lipinski definition) is 3. The molecule has 2 rings (SSSR count). The highest BCUT2D eigenvalue weighted by atomic mass is 16.4. The number of amides is 1. The molecule has 0 unspecified atom stereocenters. The molecule has 0 spiro atoms. The molecule has 2 aromatic rings. The molecule has 5 nitrogen and oxygen atoms in total. The summed E-state index contributed by atoms with van der Waals surface area (Å²) < 4.78 is 0. The molecule has 1 aromatic carbocycles. The van der Waals surface area contributed by atoms with Crippen LogP contribution in [0.4, 0.5) is 5.69 Å². The Hall–Kier alpha value is -2.69. The standard InChI is InChI=1S/C15H14N2O3/c1-2-17(12-6-4-3-5-7-12)14(18)13-9-8-11(10-16-13)15(19)20/h3-10H,2H2,1H3,(H,19,20). The molecule has 102 valence electrons. The third kappa shape index (κ3) is 2.83. The average Bonchev–Trinajstić information content (AvgIpc) is 2.49. The van der Waals surface area contributed by atoms with Gasteiger partial charge in [-0.2, -0.15) is 0 Å². The van der Waals surface area contributed by atoms with Crippen molar-refractivity contribution in [3.05, 3.63) is 59.9 Å². The van der Waals surface area contributed by atoms with Crippen molar-refractivity contribution < 1.29 is 14.7 Å². The molecule has 1 aromatic heterocycles. The number of pyridine rings is 1. The molecule has 1 N–H and O–H groups in total. The van der Waals surface area contributed by atoms with Crippen LogP contribution in [0.1, 0.15) is 27.8 Å². The van der Waals surface area contributed by atoms with E-state index in [0.717, 1.165) is 5.69 Å². The number of aromatic carboxylic acids is 1. The molecule has 20 heavy (non-hydrogen) atoms. The van der Waals surface area contributed by atoms with Crippen LogP contribution in [-0.4, -0.2) is 28.5 Å². The second-order valence-electron chi connectivity index (χ2n) is 4.12. The van der Waals surface area contributed by atoms with Crippen LogP contribution in [0, 0.1) is 0 Å². The van der Waals surface area contributed by atoms with Crippen molar-refractivity contribution in [2.24, 2.45) is 0 Å². The summed E-state index contributed by atoms with van der Waals surface area (Å²) in [7, 11) is 0. The molecule has 0 atom stereocenters. The van der Waals surface area contributed by atoms with E-state index in [0.29, 0.717) is 6.54 Å². The molecule has 0 fully saturated rings. The molecule has 0 radical (unpaired) electrons. The fourth-order valence-corrected chi connectivity index (χ4v) is 1.84. The molecule has 0 aliphatic rings. The maximum Gasteiger partial charge on any atom is 0.337 e. The third-order valence-electron chi connectivity index (χ3n) is 2.86. The first-order chi connectivity index (χ1) is 9.63. The Morgan fingerprint density at radius 1 is 1.15 bits per heavy atom. The van der Waals surface area contributed by atoms with Crippen LogP contribution in [0.5, 0.6) is 0 Å². The number of carboxylic acid groups (broad SMARTS) is 1. The second-order valence-corrected chi connectivity index (χ2v) is 4.12. The highest BCUT2D eigenvalue weighted by Gasteiger charge is 2.17. The molecule has 0 bridgehead atoms. The van der Waals surface area contributed by atoms with Crippen LogP contribution in [-0.2, 0) is 0 Å². The Morgan fingerprint density at radius 3 is 2.35 bits per heavy atom. The monoisotopic (exact) mass is 270 g/mol. The predicted octanol–water partition coefficient (Wildman–Crippen LogP) is 2.45. The normalized spacial score (nSPS) is 10.1. The number of para-hydroxylation sites is 1. The van der Waals surface area contributed by atoms with E-state index in [4.69, 9.17) is 5.11 Å². The Labute approximate surface area is 116 Å². The van der Waals surface area contributed by atoms with E-state index >= 15 is 0 Å². The van der Waals surface area contributed by atoms with Gasteiger partial charge in [0.2, 0.25) is 0 Å². The minimum absolute atomic E-state index is 0.0595. The van der Waals surface area contributed by atoms with Gasteiger partial charge in [0.05, 0.1) is 5.56 Å². The number of anilines is 1. The van der Waals surface area contributed by atoms with Gasteiger partial charge in [-0.15, -0.1) is 0 Å². The first-order valence-electron chi connectivity index (χ1n) is 6.19. The number of aromatic nitrogens is 1. The van der Waals surface area contributed by atoms with E-state index in [2.05, 4.69) is 4.98 Å². The van der Waals surface area contributed by atoms with E-state index < -0.39 is 5.97 Å². The van der Waals surface area contributed by atoms with Crippen molar-refractivity contribution in [3.8, 4) is 0 Å². The minimum Gasteiger partial charge on any atom is -0.478 e. The Kier molecular flexibility index (Phi) is 4.10. The number of nitrogens with zero attached hydrogens (tertiary/aromatic N) is 2. The maximum absolute atomic E-state index is 12.4. The fraction of sp³-hybridized carbons (Fsp3) is 0.133. The predicted molar refractivity (Wildman–Crippen MR) is 75.0 cm³/mol. The minimum atomic E-state index is -1.06. The lowest BCUT2D eigenvalue weighted by Gasteiger charge is -2.20. The van der Waals surface area contributed by atoms with Crippen LogP contribution >= 0.6 is 0 Å². The van der Waals surface area contributed by atoms with Crippen molar-refractivity contribution in [2.75, 3.05) is 11.4 Å². The summed E-state index contributed by atoms with van der Waals surface area (Å²) in [6, 6.07) is 12.1. The van der Waals surface area contributed by atoms with Gasteiger partial charge in [0, 0.05) is 18.4 Å². The summed E-state index contributed by atoms with van der Waals surface area (Å²) in [5.41, 5.74) is 1.06. The van der Waals surface area contributed by atoms with Gasteiger partial charge < -0.3 is 10.0 Å². The third-order valence-corrected chi connectivity index (χ3v) is 2.86. The molecule has 0 aliphatic heterocycles. The number of carbonyl (C=O) groups is 2. The molecule has 5 heteroatoms.